The van der Waals surface area contributed by atoms with Crippen LogP contribution in [-0.4, -0.2) is 43.1 Å². The summed E-state index contributed by atoms with van der Waals surface area (Å²) in [5.41, 5.74) is 6.51. The lowest BCUT2D eigenvalue weighted by molar-refractivity contribution is -0.158. The molecular weight excluding hydrogens is 248 g/mol. The second-order valence-corrected chi connectivity index (χ2v) is 4.13. The number of imide groups is 1. The van der Waals surface area contributed by atoms with Gasteiger partial charge in [-0.15, -0.1) is 0 Å². The summed E-state index contributed by atoms with van der Waals surface area (Å²) in [5, 5.41) is 0. The van der Waals surface area contributed by atoms with E-state index in [0.717, 1.165) is 10.5 Å². The van der Waals surface area contributed by atoms with Gasteiger partial charge in [0.2, 0.25) is 0 Å². The standard InChI is InChI=1S/C13H16N2O4/c14-7-10-1-3-11(4-2-10)19-6-5-15-12(16)8-18-9-13(15)17/h1-4H,5-9,14H2. The minimum atomic E-state index is -0.321. The molecule has 19 heavy (non-hydrogen) atoms. The van der Waals surface area contributed by atoms with E-state index in [9.17, 15) is 9.59 Å². The van der Waals surface area contributed by atoms with E-state index in [4.69, 9.17) is 15.2 Å². The summed E-state index contributed by atoms with van der Waals surface area (Å²) < 4.78 is 10.3. The first-order valence-electron chi connectivity index (χ1n) is 6.03. The van der Waals surface area contributed by atoms with E-state index in [1.807, 2.05) is 24.3 Å². The normalized spacial score (nSPS) is 15.7. The molecule has 6 heteroatoms. The second-order valence-electron chi connectivity index (χ2n) is 4.13. The monoisotopic (exact) mass is 264 g/mol. The first kappa shape index (κ1) is 13.5. The number of ether oxygens (including phenoxy) is 2. The molecule has 1 aliphatic rings. The van der Waals surface area contributed by atoms with Gasteiger partial charge in [0.05, 0.1) is 6.54 Å². The third kappa shape index (κ3) is 3.52. The van der Waals surface area contributed by atoms with Crippen molar-refractivity contribution in [2.75, 3.05) is 26.4 Å². The fourth-order valence-corrected chi connectivity index (χ4v) is 1.75. The molecule has 0 radical (unpaired) electrons. The molecule has 0 aromatic heterocycles. The van der Waals surface area contributed by atoms with Crippen LogP contribution in [0.5, 0.6) is 5.75 Å². The lowest BCUT2D eigenvalue weighted by Crippen LogP contribution is -2.47. The van der Waals surface area contributed by atoms with Gasteiger partial charge >= 0.3 is 0 Å². The van der Waals surface area contributed by atoms with Crippen LogP contribution >= 0.6 is 0 Å². The number of rotatable bonds is 5. The number of carbonyl (C=O) groups is 2. The summed E-state index contributed by atoms with van der Waals surface area (Å²) in [6.07, 6.45) is 0. The van der Waals surface area contributed by atoms with Gasteiger partial charge in [0.15, 0.2) is 0 Å². The Balaban J connectivity index is 1.82. The molecule has 1 aliphatic heterocycles. The predicted molar refractivity (Wildman–Crippen MR) is 67.4 cm³/mol. The minimum absolute atomic E-state index is 0.0447. The molecule has 1 heterocycles. The van der Waals surface area contributed by atoms with Crippen LogP contribution < -0.4 is 10.5 Å². The Bertz CT molecular complexity index is 442. The Labute approximate surface area is 111 Å². The average Bonchev–Trinajstić information content (AvgIpc) is 2.43. The Morgan fingerprint density at radius 2 is 1.79 bits per heavy atom. The van der Waals surface area contributed by atoms with E-state index in [1.165, 1.54) is 0 Å². The molecule has 0 bridgehead atoms. The van der Waals surface area contributed by atoms with Crippen LogP contribution in [0.25, 0.3) is 0 Å². The van der Waals surface area contributed by atoms with E-state index in [-0.39, 0.29) is 38.2 Å². The number of nitrogens with zero attached hydrogens (tertiary/aromatic N) is 1. The van der Waals surface area contributed by atoms with E-state index >= 15 is 0 Å². The minimum Gasteiger partial charge on any atom is -0.492 e. The Kier molecular flexibility index (Phi) is 4.48. The maximum absolute atomic E-state index is 11.4. The van der Waals surface area contributed by atoms with Crippen LogP contribution in [0.3, 0.4) is 0 Å². The van der Waals surface area contributed by atoms with E-state index in [2.05, 4.69) is 0 Å². The first-order valence-corrected chi connectivity index (χ1v) is 6.03. The van der Waals surface area contributed by atoms with Crippen molar-refractivity contribution in [3.05, 3.63) is 29.8 Å². The van der Waals surface area contributed by atoms with Crippen molar-refractivity contribution >= 4 is 11.8 Å². The van der Waals surface area contributed by atoms with Gasteiger partial charge in [-0.05, 0) is 17.7 Å². The average molecular weight is 264 g/mol. The zero-order valence-electron chi connectivity index (χ0n) is 10.5. The highest BCUT2D eigenvalue weighted by Gasteiger charge is 2.26. The van der Waals surface area contributed by atoms with E-state index in [1.54, 1.807) is 0 Å². The molecule has 0 atom stereocenters. The number of amides is 2. The van der Waals surface area contributed by atoms with E-state index < -0.39 is 0 Å². The number of benzene rings is 1. The van der Waals surface area contributed by atoms with Crippen molar-refractivity contribution in [3.8, 4) is 5.75 Å². The van der Waals surface area contributed by atoms with Crippen LogP contribution in [0.1, 0.15) is 5.56 Å². The summed E-state index contributed by atoms with van der Waals surface area (Å²) >= 11 is 0. The summed E-state index contributed by atoms with van der Waals surface area (Å²) in [6.45, 7) is 0.893. The highest BCUT2D eigenvalue weighted by Crippen LogP contribution is 2.12. The maximum atomic E-state index is 11.4. The van der Waals surface area contributed by atoms with Crippen molar-refractivity contribution in [2.24, 2.45) is 5.73 Å². The Morgan fingerprint density at radius 1 is 1.16 bits per heavy atom. The predicted octanol–water partition coefficient (Wildman–Crippen LogP) is -0.0905. The maximum Gasteiger partial charge on any atom is 0.255 e. The van der Waals surface area contributed by atoms with Crippen molar-refractivity contribution in [3.63, 3.8) is 0 Å². The van der Waals surface area contributed by atoms with Gasteiger partial charge in [-0.3, -0.25) is 14.5 Å². The third-order valence-electron chi connectivity index (χ3n) is 2.80. The van der Waals surface area contributed by atoms with Crippen LogP contribution in [0.15, 0.2) is 24.3 Å². The van der Waals surface area contributed by atoms with Crippen LogP contribution in [0.2, 0.25) is 0 Å². The smallest absolute Gasteiger partial charge is 0.255 e. The number of hydrogen-bond acceptors (Lipinski definition) is 5. The molecule has 2 rings (SSSR count). The topological polar surface area (TPSA) is 81.9 Å². The number of morpholine rings is 1. The highest BCUT2D eigenvalue weighted by molar-refractivity contribution is 5.98. The van der Waals surface area contributed by atoms with Gasteiger partial charge < -0.3 is 15.2 Å². The Morgan fingerprint density at radius 3 is 2.37 bits per heavy atom. The molecule has 102 valence electrons. The zero-order chi connectivity index (χ0) is 13.7. The third-order valence-corrected chi connectivity index (χ3v) is 2.80. The lowest BCUT2D eigenvalue weighted by atomic mass is 10.2. The summed E-state index contributed by atoms with van der Waals surface area (Å²) in [5.74, 6) is 0.0435. The van der Waals surface area contributed by atoms with Crippen molar-refractivity contribution < 1.29 is 19.1 Å². The van der Waals surface area contributed by atoms with Gasteiger partial charge in [0, 0.05) is 6.54 Å². The number of nitrogens with two attached hydrogens (primary N) is 1. The molecule has 2 N–H and O–H groups in total. The number of carbonyl (C=O) groups excluding carboxylic acids is 2. The zero-order valence-corrected chi connectivity index (χ0v) is 10.5. The van der Waals surface area contributed by atoms with Crippen LogP contribution in [-0.2, 0) is 20.9 Å². The largest absolute Gasteiger partial charge is 0.492 e. The van der Waals surface area contributed by atoms with Crippen LogP contribution in [0, 0.1) is 0 Å². The fraction of sp³-hybridized carbons (Fsp3) is 0.385. The molecule has 6 nitrogen and oxygen atoms in total. The SMILES string of the molecule is NCc1ccc(OCCN2C(=O)COCC2=O)cc1. The van der Waals surface area contributed by atoms with Crippen molar-refractivity contribution in [2.45, 2.75) is 6.54 Å². The van der Waals surface area contributed by atoms with Crippen molar-refractivity contribution in [1.82, 2.24) is 4.90 Å². The van der Waals surface area contributed by atoms with Gasteiger partial charge in [-0.25, -0.2) is 0 Å². The van der Waals surface area contributed by atoms with E-state index in [0.29, 0.717) is 12.3 Å². The van der Waals surface area contributed by atoms with Crippen molar-refractivity contribution in [1.29, 1.82) is 0 Å². The summed E-state index contributed by atoms with van der Waals surface area (Å²) in [4.78, 5) is 24.0. The molecule has 1 aromatic rings. The summed E-state index contributed by atoms with van der Waals surface area (Å²) in [7, 11) is 0. The fourth-order valence-electron chi connectivity index (χ4n) is 1.75. The van der Waals surface area contributed by atoms with Gasteiger partial charge in [-0.1, -0.05) is 12.1 Å². The Hall–Kier alpha value is -1.92. The molecular formula is C13H16N2O4. The molecule has 0 saturated carbocycles. The molecule has 1 fully saturated rings. The summed E-state index contributed by atoms with van der Waals surface area (Å²) in [6, 6.07) is 7.37. The highest BCUT2D eigenvalue weighted by atomic mass is 16.5. The molecule has 1 aromatic carbocycles. The van der Waals surface area contributed by atoms with Crippen LogP contribution in [0.4, 0.5) is 0 Å². The van der Waals surface area contributed by atoms with Gasteiger partial charge in [0.25, 0.3) is 11.8 Å². The molecule has 0 spiro atoms. The second kappa shape index (κ2) is 6.31. The quantitative estimate of drug-likeness (QED) is 0.752. The first-order chi connectivity index (χ1) is 9.20. The van der Waals surface area contributed by atoms with Gasteiger partial charge in [0.1, 0.15) is 25.6 Å². The molecule has 0 aliphatic carbocycles. The number of hydrogen-bond donors (Lipinski definition) is 1. The van der Waals surface area contributed by atoms with Gasteiger partial charge in [-0.2, -0.15) is 0 Å². The molecule has 1 saturated heterocycles. The lowest BCUT2D eigenvalue weighted by Gasteiger charge is -2.24. The molecule has 0 unspecified atom stereocenters. The molecule has 2 amide bonds.